The van der Waals surface area contributed by atoms with E-state index < -0.39 is 21.8 Å². The van der Waals surface area contributed by atoms with Crippen LogP contribution in [-0.2, 0) is 14.8 Å². The molecular weight excluding hydrogens is 382 g/mol. The second-order valence-corrected chi connectivity index (χ2v) is 7.14. The van der Waals surface area contributed by atoms with E-state index in [-0.39, 0.29) is 22.8 Å². The topological polar surface area (TPSA) is 128 Å². The minimum Gasteiger partial charge on any atom is -0.496 e. The van der Waals surface area contributed by atoms with Crippen molar-refractivity contribution in [3.05, 3.63) is 53.1 Å². The number of carbonyl (C=O) groups is 2. The normalized spacial score (nSPS) is 10.9. The number of hydrogen-bond acceptors (Lipinski definition) is 5. The van der Waals surface area contributed by atoms with Gasteiger partial charge >= 0.3 is 0 Å². The van der Waals surface area contributed by atoms with Crippen molar-refractivity contribution in [2.45, 2.75) is 4.90 Å². The number of amides is 2. The fraction of sp³-hybridized carbons (Fsp3) is 0.125. The summed E-state index contributed by atoms with van der Waals surface area (Å²) in [5.74, 6) is -1.01. The SMILES string of the molecule is COc1ccc(S(N)(=O)=O)cc1C(=O)NCC(=O)Nc1ccc(Cl)cc1. The fourth-order valence-electron chi connectivity index (χ4n) is 2.04. The van der Waals surface area contributed by atoms with Gasteiger partial charge < -0.3 is 15.4 Å². The summed E-state index contributed by atoms with van der Waals surface area (Å²) in [5, 5.41) is 10.6. The molecular formula is C16H16ClN3O5S. The first kappa shape index (κ1) is 19.7. The van der Waals surface area contributed by atoms with Gasteiger partial charge in [0.15, 0.2) is 0 Å². The van der Waals surface area contributed by atoms with Crippen LogP contribution in [0.3, 0.4) is 0 Å². The lowest BCUT2D eigenvalue weighted by atomic mass is 10.2. The fourth-order valence-corrected chi connectivity index (χ4v) is 2.70. The van der Waals surface area contributed by atoms with Crippen molar-refractivity contribution in [1.82, 2.24) is 5.32 Å². The highest BCUT2D eigenvalue weighted by Crippen LogP contribution is 2.21. The molecule has 0 aromatic heterocycles. The van der Waals surface area contributed by atoms with Gasteiger partial charge in [-0.05, 0) is 42.5 Å². The summed E-state index contributed by atoms with van der Waals surface area (Å²) < 4.78 is 27.9. The Bertz CT molecular complexity index is 929. The standard InChI is InChI=1S/C16H16ClN3O5S/c1-25-14-7-6-12(26(18,23)24)8-13(14)16(22)19-9-15(21)20-11-4-2-10(17)3-5-11/h2-8H,9H2,1H3,(H,19,22)(H,20,21)(H2,18,23,24). The van der Waals surface area contributed by atoms with E-state index in [1.807, 2.05) is 0 Å². The second-order valence-electron chi connectivity index (χ2n) is 5.14. The highest BCUT2D eigenvalue weighted by Gasteiger charge is 2.18. The van der Waals surface area contributed by atoms with Gasteiger partial charge in [0.1, 0.15) is 5.75 Å². The van der Waals surface area contributed by atoms with E-state index in [0.717, 1.165) is 6.07 Å². The van der Waals surface area contributed by atoms with E-state index in [2.05, 4.69) is 10.6 Å². The summed E-state index contributed by atoms with van der Waals surface area (Å²) in [4.78, 5) is 23.9. The maximum Gasteiger partial charge on any atom is 0.255 e. The van der Waals surface area contributed by atoms with Gasteiger partial charge in [-0.15, -0.1) is 0 Å². The Kier molecular flexibility index (Phi) is 6.19. The van der Waals surface area contributed by atoms with Gasteiger partial charge in [0.05, 0.1) is 24.1 Å². The number of methoxy groups -OCH3 is 1. The molecule has 0 aliphatic heterocycles. The van der Waals surface area contributed by atoms with Gasteiger partial charge in [-0.3, -0.25) is 9.59 Å². The molecule has 0 saturated carbocycles. The number of anilines is 1. The van der Waals surface area contributed by atoms with Gasteiger partial charge in [-0.25, -0.2) is 13.6 Å². The molecule has 26 heavy (non-hydrogen) atoms. The van der Waals surface area contributed by atoms with E-state index in [0.29, 0.717) is 10.7 Å². The van der Waals surface area contributed by atoms with E-state index in [1.165, 1.54) is 19.2 Å². The van der Waals surface area contributed by atoms with Gasteiger partial charge in [-0.2, -0.15) is 0 Å². The van der Waals surface area contributed by atoms with E-state index >= 15 is 0 Å². The molecule has 0 atom stereocenters. The largest absolute Gasteiger partial charge is 0.496 e. The average molecular weight is 398 g/mol. The van der Waals surface area contributed by atoms with Gasteiger partial charge in [0.25, 0.3) is 5.91 Å². The van der Waals surface area contributed by atoms with Crippen molar-refractivity contribution in [2.24, 2.45) is 5.14 Å². The highest BCUT2D eigenvalue weighted by atomic mass is 35.5. The van der Waals surface area contributed by atoms with Crippen molar-refractivity contribution < 1.29 is 22.7 Å². The first-order valence-corrected chi connectivity index (χ1v) is 9.17. The third kappa shape index (κ3) is 5.19. The highest BCUT2D eigenvalue weighted by molar-refractivity contribution is 7.89. The molecule has 2 amide bonds. The predicted molar refractivity (Wildman–Crippen MR) is 96.8 cm³/mol. The zero-order valence-electron chi connectivity index (χ0n) is 13.7. The molecule has 2 rings (SSSR count). The van der Waals surface area contributed by atoms with Crippen LogP contribution in [0.15, 0.2) is 47.4 Å². The van der Waals surface area contributed by atoms with E-state index in [4.69, 9.17) is 21.5 Å². The number of nitrogens with two attached hydrogens (primary N) is 1. The molecule has 8 nitrogen and oxygen atoms in total. The minimum absolute atomic E-state index is 0.0571. The molecule has 0 aliphatic rings. The number of benzene rings is 2. The number of hydrogen-bond donors (Lipinski definition) is 3. The molecule has 10 heteroatoms. The number of carbonyl (C=O) groups excluding carboxylic acids is 2. The Labute approximate surface area is 155 Å². The molecule has 0 spiro atoms. The lowest BCUT2D eigenvalue weighted by Gasteiger charge is -2.11. The molecule has 0 bridgehead atoms. The van der Waals surface area contributed by atoms with Crippen LogP contribution in [0.4, 0.5) is 5.69 Å². The Morgan fingerprint density at radius 2 is 1.81 bits per heavy atom. The van der Waals surface area contributed by atoms with Crippen molar-refractivity contribution in [2.75, 3.05) is 19.0 Å². The van der Waals surface area contributed by atoms with Gasteiger partial charge in [-0.1, -0.05) is 11.6 Å². The maximum absolute atomic E-state index is 12.3. The van der Waals surface area contributed by atoms with Gasteiger partial charge in [0.2, 0.25) is 15.9 Å². The zero-order valence-corrected chi connectivity index (χ0v) is 15.2. The van der Waals surface area contributed by atoms with Crippen LogP contribution < -0.4 is 20.5 Å². The second kappa shape index (κ2) is 8.17. The lowest BCUT2D eigenvalue weighted by molar-refractivity contribution is -0.115. The Hall–Kier alpha value is -2.62. The summed E-state index contributed by atoms with van der Waals surface area (Å²) in [7, 11) is -2.66. The van der Waals surface area contributed by atoms with Crippen molar-refractivity contribution in [3.8, 4) is 5.75 Å². The maximum atomic E-state index is 12.3. The van der Waals surface area contributed by atoms with Crippen molar-refractivity contribution in [1.29, 1.82) is 0 Å². The molecule has 0 saturated heterocycles. The van der Waals surface area contributed by atoms with Crippen LogP contribution in [0.5, 0.6) is 5.75 Å². The Morgan fingerprint density at radius 1 is 1.15 bits per heavy atom. The number of halogens is 1. The van der Waals surface area contributed by atoms with Crippen molar-refractivity contribution >= 4 is 39.1 Å². The number of rotatable bonds is 6. The van der Waals surface area contributed by atoms with E-state index in [1.54, 1.807) is 24.3 Å². The quantitative estimate of drug-likeness (QED) is 0.678. The zero-order chi connectivity index (χ0) is 19.3. The summed E-state index contributed by atoms with van der Waals surface area (Å²) in [6.45, 7) is -0.329. The van der Waals surface area contributed by atoms with Crippen LogP contribution in [0.1, 0.15) is 10.4 Å². The number of sulfonamides is 1. The van der Waals surface area contributed by atoms with Crippen LogP contribution in [0.2, 0.25) is 5.02 Å². The smallest absolute Gasteiger partial charge is 0.255 e. The molecule has 0 aliphatic carbocycles. The number of nitrogens with one attached hydrogen (secondary N) is 2. The van der Waals surface area contributed by atoms with Crippen LogP contribution in [-0.4, -0.2) is 33.9 Å². The van der Waals surface area contributed by atoms with Crippen LogP contribution in [0, 0.1) is 0 Å². The molecule has 4 N–H and O–H groups in total. The van der Waals surface area contributed by atoms with Crippen LogP contribution in [0.25, 0.3) is 0 Å². The van der Waals surface area contributed by atoms with Gasteiger partial charge in [0, 0.05) is 10.7 Å². The molecule has 0 radical (unpaired) electrons. The summed E-state index contributed by atoms with van der Waals surface area (Å²) in [6.07, 6.45) is 0. The summed E-state index contributed by atoms with van der Waals surface area (Å²) in [6, 6.07) is 10.1. The van der Waals surface area contributed by atoms with Crippen LogP contribution >= 0.6 is 11.6 Å². The third-order valence-corrected chi connectivity index (χ3v) is 4.44. The predicted octanol–water partition coefficient (Wildman–Crippen LogP) is 1.36. The molecule has 2 aromatic rings. The molecule has 0 fully saturated rings. The first-order chi connectivity index (χ1) is 12.2. The molecule has 0 heterocycles. The lowest BCUT2D eigenvalue weighted by Crippen LogP contribution is -2.33. The Morgan fingerprint density at radius 3 is 2.38 bits per heavy atom. The Balaban J connectivity index is 2.07. The summed E-state index contributed by atoms with van der Waals surface area (Å²) >= 11 is 5.76. The number of ether oxygens (including phenoxy) is 1. The number of primary sulfonamides is 1. The first-order valence-electron chi connectivity index (χ1n) is 7.25. The molecule has 138 valence electrons. The molecule has 0 unspecified atom stereocenters. The molecule has 2 aromatic carbocycles. The average Bonchev–Trinajstić information content (AvgIpc) is 2.60. The minimum atomic E-state index is -3.98. The monoisotopic (exact) mass is 397 g/mol. The summed E-state index contributed by atoms with van der Waals surface area (Å²) in [5.41, 5.74) is 0.459. The van der Waals surface area contributed by atoms with E-state index in [9.17, 15) is 18.0 Å². The third-order valence-electron chi connectivity index (χ3n) is 3.28. The van der Waals surface area contributed by atoms with Crippen molar-refractivity contribution in [3.63, 3.8) is 0 Å².